The van der Waals surface area contributed by atoms with Crippen molar-refractivity contribution in [1.29, 1.82) is 0 Å². The monoisotopic (exact) mass is 417 g/mol. The summed E-state index contributed by atoms with van der Waals surface area (Å²) in [5.41, 5.74) is 0.907. The second-order valence-corrected chi connectivity index (χ2v) is 6.46. The van der Waals surface area contributed by atoms with Crippen LogP contribution in [0.25, 0.3) is 0 Å². The van der Waals surface area contributed by atoms with Gasteiger partial charge in [0.1, 0.15) is 5.75 Å². The molecule has 0 aromatic heterocycles. The summed E-state index contributed by atoms with van der Waals surface area (Å²) < 4.78 is 21.4. The quantitative estimate of drug-likeness (QED) is 0.577. The van der Waals surface area contributed by atoms with E-state index in [1.807, 2.05) is 6.92 Å². The number of carboxylic acid groups (broad SMARTS) is 1. The van der Waals surface area contributed by atoms with Crippen LogP contribution in [0.3, 0.4) is 0 Å². The number of ether oxygens (including phenoxy) is 4. The lowest BCUT2D eigenvalue weighted by Gasteiger charge is -2.19. The van der Waals surface area contributed by atoms with Gasteiger partial charge in [-0.05, 0) is 36.2 Å². The van der Waals surface area contributed by atoms with E-state index in [2.05, 4.69) is 5.32 Å². The highest BCUT2D eigenvalue weighted by atomic mass is 16.5. The Morgan fingerprint density at radius 2 is 1.60 bits per heavy atom. The summed E-state index contributed by atoms with van der Waals surface area (Å²) in [6.07, 6.45) is 0.611. The summed E-state index contributed by atoms with van der Waals surface area (Å²) in [4.78, 5) is 24.2. The van der Waals surface area contributed by atoms with Crippen molar-refractivity contribution in [3.63, 3.8) is 0 Å². The maximum Gasteiger partial charge on any atom is 0.305 e. The first-order valence-electron chi connectivity index (χ1n) is 9.48. The van der Waals surface area contributed by atoms with Crippen LogP contribution in [-0.2, 0) is 4.79 Å². The molecular weight excluding hydrogens is 390 g/mol. The smallest absolute Gasteiger partial charge is 0.305 e. The molecule has 0 radical (unpaired) electrons. The number of methoxy groups -OCH3 is 3. The lowest BCUT2D eigenvalue weighted by molar-refractivity contribution is -0.137. The summed E-state index contributed by atoms with van der Waals surface area (Å²) in [6, 6.07) is 9.29. The molecule has 1 unspecified atom stereocenters. The zero-order valence-electron chi connectivity index (χ0n) is 17.6. The Kier molecular flexibility index (Phi) is 8.34. The van der Waals surface area contributed by atoms with Crippen LogP contribution in [0.15, 0.2) is 36.4 Å². The summed E-state index contributed by atoms with van der Waals surface area (Å²) in [7, 11) is 4.37. The van der Waals surface area contributed by atoms with Crippen molar-refractivity contribution >= 4 is 11.9 Å². The van der Waals surface area contributed by atoms with E-state index in [-0.39, 0.29) is 12.0 Å². The Morgan fingerprint density at radius 3 is 2.07 bits per heavy atom. The molecule has 0 spiro atoms. The third-order valence-electron chi connectivity index (χ3n) is 4.37. The van der Waals surface area contributed by atoms with Gasteiger partial charge in [0, 0.05) is 5.56 Å². The van der Waals surface area contributed by atoms with Crippen LogP contribution >= 0.6 is 0 Å². The zero-order valence-corrected chi connectivity index (χ0v) is 17.6. The van der Waals surface area contributed by atoms with Gasteiger partial charge < -0.3 is 29.4 Å². The van der Waals surface area contributed by atoms with Crippen LogP contribution in [-0.4, -0.2) is 44.9 Å². The number of nitrogens with one attached hydrogen (secondary N) is 1. The highest BCUT2D eigenvalue weighted by molar-refractivity contribution is 5.96. The van der Waals surface area contributed by atoms with E-state index in [1.54, 1.807) is 24.3 Å². The van der Waals surface area contributed by atoms with E-state index >= 15 is 0 Å². The highest BCUT2D eigenvalue weighted by Crippen LogP contribution is 2.38. The van der Waals surface area contributed by atoms with Gasteiger partial charge in [-0.15, -0.1) is 0 Å². The number of benzene rings is 2. The van der Waals surface area contributed by atoms with Gasteiger partial charge in [-0.25, -0.2) is 0 Å². The first-order chi connectivity index (χ1) is 14.4. The molecule has 0 saturated heterocycles. The van der Waals surface area contributed by atoms with Crippen molar-refractivity contribution in [2.75, 3.05) is 27.9 Å². The summed E-state index contributed by atoms with van der Waals surface area (Å²) >= 11 is 0. The van der Waals surface area contributed by atoms with Crippen LogP contribution < -0.4 is 24.3 Å². The van der Waals surface area contributed by atoms with Gasteiger partial charge in [0.15, 0.2) is 11.5 Å². The van der Waals surface area contributed by atoms with E-state index in [4.69, 9.17) is 18.9 Å². The SMILES string of the molecule is CCCOc1ccc(C(CC(=O)O)NC(=O)c2cc(OC)c(OC)c(OC)c2)cc1. The molecule has 2 aromatic carbocycles. The molecule has 30 heavy (non-hydrogen) atoms. The van der Waals surface area contributed by atoms with Crippen molar-refractivity contribution in [3.8, 4) is 23.0 Å². The standard InChI is InChI=1S/C22H27NO7/c1-5-10-30-16-8-6-14(7-9-16)17(13-20(24)25)23-22(26)15-11-18(27-2)21(29-4)19(12-15)28-3/h6-9,11-12,17H,5,10,13H2,1-4H3,(H,23,26)(H,24,25). The lowest BCUT2D eigenvalue weighted by Crippen LogP contribution is -2.30. The minimum atomic E-state index is -1.03. The van der Waals surface area contributed by atoms with Gasteiger partial charge in [-0.1, -0.05) is 19.1 Å². The maximum absolute atomic E-state index is 12.9. The van der Waals surface area contributed by atoms with Crippen LogP contribution in [0, 0.1) is 0 Å². The number of carbonyl (C=O) groups is 2. The van der Waals surface area contributed by atoms with Crippen LogP contribution in [0.5, 0.6) is 23.0 Å². The highest BCUT2D eigenvalue weighted by Gasteiger charge is 2.22. The van der Waals surface area contributed by atoms with E-state index in [1.165, 1.54) is 33.5 Å². The third kappa shape index (κ3) is 5.79. The van der Waals surface area contributed by atoms with Crippen molar-refractivity contribution in [3.05, 3.63) is 47.5 Å². The largest absolute Gasteiger partial charge is 0.494 e. The fourth-order valence-electron chi connectivity index (χ4n) is 2.90. The molecule has 0 heterocycles. The normalized spacial score (nSPS) is 11.3. The molecule has 0 saturated carbocycles. The number of hydrogen-bond donors (Lipinski definition) is 2. The van der Waals surface area contributed by atoms with E-state index < -0.39 is 17.9 Å². The lowest BCUT2D eigenvalue weighted by atomic mass is 10.0. The van der Waals surface area contributed by atoms with Crippen LogP contribution in [0.4, 0.5) is 0 Å². The molecule has 162 valence electrons. The summed E-state index contributed by atoms with van der Waals surface area (Å²) in [5.74, 6) is 0.207. The zero-order chi connectivity index (χ0) is 22.1. The number of aliphatic carboxylic acids is 1. The minimum absolute atomic E-state index is 0.253. The molecule has 0 bridgehead atoms. The maximum atomic E-state index is 12.9. The molecule has 8 nitrogen and oxygen atoms in total. The summed E-state index contributed by atoms with van der Waals surface area (Å²) in [6.45, 7) is 2.60. The Balaban J connectivity index is 2.28. The number of carboxylic acids is 1. The topological polar surface area (TPSA) is 103 Å². The predicted molar refractivity (Wildman–Crippen MR) is 111 cm³/mol. The Hall–Kier alpha value is -3.42. The Labute approximate surface area is 175 Å². The van der Waals surface area contributed by atoms with Crippen LogP contribution in [0.2, 0.25) is 0 Å². The second kappa shape index (κ2) is 10.9. The molecule has 2 aromatic rings. The molecule has 0 fully saturated rings. The first-order valence-corrected chi connectivity index (χ1v) is 9.48. The van der Waals surface area contributed by atoms with Gasteiger partial charge in [-0.3, -0.25) is 9.59 Å². The molecule has 2 N–H and O–H groups in total. The van der Waals surface area contributed by atoms with Gasteiger partial charge in [0.05, 0.1) is 40.4 Å². The van der Waals surface area contributed by atoms with Crippen molar-refractivity contribution in [2.45, 2.75) is 25.8 Å². The van der Waals surface area contributed by atoms with Gasteiger partial charge in [0.2, 0.25) is 5.75 Å². The molecule has 0 aliphatic rings. The van der Waals surface area contributed by atoms with Gasteiger partial charge >= 0.3 is 5.97 Å². The Morgan fingerprint density at radius 1 is 1.00 bits per heavy atom. The van der Waals surface area contributed by atoms with E-state index in [9.17, 15) is 14.7 Å². The number of rotatable bonds is 11. The second-order valence-electron chi connectivity index (χ2n) is 6.46. The van der Waals surface area contributed by atoms with Crippen molar-refractivity contribution in [2.24, 2.45) is 0 Å². The molecule has 0 aliphatic heterocycles. The summed E-state index contributed by atoms with van der Waals surface area (Å²) in [5, 5.41) is 12.1. The van der Waals surface area contributed by atoms with Gasteiger partial charge in [-0.2, -0.15) is 0 Å². The fourth-order valence-corrected chi connectivity index (χ4v) is 2.90. The number of amides is 1. The molecule has 1 amide bonds. The molecule has 1 atom stereocenters. The van der Waals surface area contributed by atoms with Gasteiger partial charge in [0.25, 0.3) is 5.91 Å². The average Bonchev–Trinajstić information content (AvgIpc) is 2.76. The van der Waals surface area contributed by atoms with E-state index in [0.29, 0.717) is 35.2 Å². The molecule has 0 aliphatic carbocycles. The molecule has 2 rings (SSSR count). The van der Waals surface area contributed by atoms with Crippen LogP contribution in [0.1, 0.15) is 41.7 Å². The van der Waals surface area contributed by atoms with Crippen molar-refractivity contribution < 1.29 is 33.6 Å². The first kappa shape index (κ1) is 22.9. The van der Waals surface area contributed by atoms with E-state index in [0.717, 1.165) is 6.42 Å². The van der Waals surface area contributed by atoms with Crippen molar-refractivity contribution in [1.82, 2.24) is 5.32 Å². The minimum Gasteiger partial charge on any atom is -0.494 e. The molecule has 8 heteroatoms. The fraction of sp³-hybridized carbons (Fsp3) is 0.364. The number of hydrogen-bond acceptors (Lipinski definition) is 6. The Bertz CT molecular complexity index is 839. The predicted octanol–water partition coefficient (Wildman–Crippen LogP) is 3.45. The molecular formula is C22H27NO7. The number of carbonyl (C=O) groups excluding carboxylic acids is 1. The third-order valence-corrected chi connectivity index (χ3v) is 4.37. The average molecular weight is 417 g/mol.